The van der Waals surface area contributed by atoms with Crippen molar-refractivity contribution in [2.75, 3.05) is 37.2 Å². The summed E-state index contributed by atoms with van der Waals surface area (Å²) in [7, 11) is -3.72. The Hall–Kier alpha value is -3.49. The predicted octanol–water partition coefficient (Wildman–Crippen LogP) is 2.33. The van der Waals surface area contributed by atoms with Crippen molar-refractivity contribution in [2.45, 2.75) is 71.5 Å². The monoisotopic (exact) mass is 606 g/mol. The average Bonchev–Trinajstić information content (AvgIpc) is 3.39. The third-order valence-corrected chi connectivity index (χ3v) is 8.61. The van der Waals surface area contributed by atoms with E-state index in [0.29, 0.717) is 62.5 Å². The Kier molecular flexibility index (Phi) is 12.3. The molecule has 42 heavy (non-hydrogen) atoms. The number of rotatable bonds is 15. The van der Waals surface area contributed by atoms with Crippen LogP contribution >= 0.6 is 0 Å². The summed E-state index contributed by atoms with van der Waals surface area (Å²) in [5.41, 5.74) is 1.40. The summed E-state index contributed by atoms with van der Waals surface area (Å²) < 4.78 is 32.2. The normalized spacial score (nSPS) is 15.2. The SMILES string of the molecule is CCCCS(=O)(=O)NC(Cc1coc(CN(CC)C(=O)CN2CCC(NC(=O)Nc3ncccc3C)CC2)c1)C(=O)O. The minimum atomic E-state index is -3.72. The number of carboxylic acid groups (broad SMARTS) is 1. The van der Waals surface area contributed by atoms with Gasteiger partial charge in [0, 0.05) is 38.3 Å². The van der Waals surface area contributed by atoms with Crippen LogP contribution in [0, 0.1) is 6.92 Å². The molecule has 1 unspecified atom stereocenters. The van der Waals surface area contributed by atoms with Crippen molar-refractivity contribution in [3.63, 3.8) is 0 Å². The number of anilines is 1. The molecule has 0 spiro atoms. The number of aryl methyl sites for hydroxylation is 1. The Labute approximate surface area is 247 Å². The molecular formula is C28H42N6O7S. The molecule has 14 heteroatoms. The molecule has 3 amide bonds. The molecule has 0 radical (unpaired) electrons. The van der Waals surface area contributed by atoms with E-state index in [2.05, 4.69) is 25.2 Å². The summed E-state index contributed by atoms with van der Waals surface area (Å²) in [5.74, 6) is -0.471. The second-order valence-corrected chi connectivity index (χ2v) is 12.4. The molecule has 1 aliphatic heterocycles. The third-order valence-electron chi connectivity index (χ3n) is 7.14. The number of carboxylic acids is 1. The largest absolute Gasteiger partial charge is 0.480 e. The van der Waals surface area contributed by atoms with Crippen molar-refractivity contribution in [1.29, 1.82) is 0 Å². The Morgan fingerprint density at radius 1 is 1.24 bits per heavy atom. The molecule has 1 fully saturated rings. The highest BCUT2D eigenvalue weighted by Crippen LogP contribution is 2.16. The number of likely N-dealkylation sites (N-methyl/N-ethyl adjacent to an activating group) is 1. The van der Waals surface area contributed by atoms with Gasteiger partial charge in [-0.3, -0.25) is 19.8 Å². The third kappa shape index (κ3) is 10.4. The summed E-state index contributed by atoms with van der Waals surface area (Å²) in [5, 5.41) is 15.3. The highest BCUT2D eigenvalue weighted by atomic mass is 32.2. The van der Waals surface area contributed by atoms with Crippen LogP contribution in [0.2, 0.25) is 0 Å². The van der Waals surface area contributed by atoms with Crippen LogP contribution in [0.5, 0.6) is 0 Å². The predicted molar refractivity (Wildman–Crippen MR) is 157 cm³/mol. The van der Waals surface area contributed by atoms with Crippen LogP contribution in [0.3, 0.4) is 0 Å². The van der Waals surface area contributed by atoms with E-state index in [9.17, 15) is 27.9 Å². The van der Waals surface area contributed by atoms with Crippen molar-refractivity contribution in [3.8, 4) is 0 Å². The zero-order valence-corrected chi connectivity index (χ0v) is 25.3. The molecule has 1 atom stereocenters. The molecule has 1 saturated heterocycles. The Bertz CT molecular complexity index is 1310. The lowest BCUT2D eigenvalue weighted by atomic mass is 10.1. The number of sulfonamides is 1. The van der Waals surface area contributed by atoms with E-state index in [1.807, 2.05) is 32.9 Å². The van der Waals surface area contributed by atoms with Gasteiger partial charge < -0.3 is 19.7 Å². The summed E-state index contributed by atoms with van der Waals surface area (Å²) in [6.07, 6.45) is 5.49. The highest BCUT2D eigenvalue weighted by Gasteiger charge is 2.26. The standard InChI is InChI=1S/C28H42N6O7S/c1-4-6-14-42(39,40)32-24(27(36)37)16-21-15-23(41-19-21)17-34(5-2)25(35)18-33-12-9-22(10-13-33)30-28(38)31-26-20(3)8-7-11-29-26/h7-8,11,15,19,22,24,32H,4-6,9-10,12-14,16-18H2,1-3H3,(H,36,37)(H2,29,30,31,38). The molecule has 0 bridgehead atoms. The van der Waals surface area contributed by atoms with Gasteiger partial charge >= 0.3 is 12.0 Å². The maximum Gasteiger partial charge on any atom is 0.322 e. The second kappa shape index (κ2) is 15.7. The zero-order valence-electron chi connectivity index (χ0n) is 24.5. The first kappa shape index (κ1) is 33.0. The van der Waals surface area contributed by atoms with Gasteiger partial charge in [0.2, 0.25) is 15.9 Å². The van der Waals surface area contributed by atoms with E-state index in [4.69, 9.17) is 4.42 Å². The van der Waals surface area contributed by atoms with Crippen LogP contribution in [-0.4, -0.2) is 90.2 Å². The van der Waals surface area contributed by atoms with Crippen LogP contribution in [-0.2, 0) is 32.6 Å². The Balaban J connectivity index is 1.46. The number of likely N-dealkylation sites (tertiary alicyclic amines) is 1. The zero-order chi connectivity index (χ0) is 30.7. The minimum absolute atomic E-state index is 0.00469. The smallest absolute Gasteiger partial charge is 0.322 e. The number of aromatic nitrogens is 1. The van der Waals surface area contributed by atoms with Gasteiger partial charge in [-0.25, -0.2) is 22.9 Å². The number of hydrogen-bond acceptors (Lipinski definition) is 8. The average molecular weight is 607 g/mol. The first-order valence-electron chi connectivity index (χ1n) is 14.3. The molecule has 232 valence electrons. The highest BCUT2D eigenvalue weighted by molar-refractivity contribution is 7.89. The molecule has 13 nitrogen and oxygen atoms in total. The van der Waals surface area contributed by atoms with Crippen LogP contribution in [0.4, 0.5) is 10.6 Å². The lowest BCUT2D eigenvalue weighted by Crippen LogP contribution is -2.48. The fraction of sp³-hybridized carbons (Fsp3) is 0.571. The number of carbonyl (C=O) groups excluding carboxylic acids is 2. The number of hydrogen-bond donors (Lipinski definition) is 4. The number of urea groups is 1. The van der Waals surface area contributed by atoms with Crippen LogP contribution in [0.15, 0.2) is 35.1 Å². The van der Waals surface area contributed by atoms with Gasteiger partial charge in [-0.15, -0.1) is 0 Å². The fourth-order valence-electron chi connectivity index (χ4n) is 4.68. The lowest BCUT2D eigenvalue weighted by Gasteiger charge is -2.33. The van der Waals surface area contributed by atoms with Gasteiger partial charge in [0.05, 0.1) is 25.1 Å². The summed E-state index contributed by atoms with van der Waals surface area (Å²) in [6, 6.07) is 3.71. The molecular weight excluding hydrogens is 564 g/mol. The van der Waals surface area contributed by atoms with Gasteiger partial charge in [-0.1, -0.05) is 19.4 Å². The molecule has 3 rings (SSSR count). The van der Waals surface area contributed by atoms with Gasteiger partial charge in [-0.05, 0) is 56.4 Å². The number of nitrogens with zero attached hydrogens (tertiary/aromatic N) is 3. The first-order valence-corrected chi connectivity index (χ1v) is 15.9. The van der Waals surface area contributed by atoms with Crippen molar-refractivity contribution >= 4 is 33.7 Å². The van der Waals surface area contributed by atoms with Gasteiger partial charge in [0.25, 0.3) is 0 Å². The number of piperidine rings is 1. The first-order chi connectivity index (χ1) is 20.0. The van der Waals surface area contributed by atoms with E-state index in [0.717, 1.165) is 5.56 Å². The van der Waals surface area contributed by atoms with E-state index < -0.39 is 22.0 Å². The molecule has 4 N–H and O–H groups in total. The number of amides is 3. The molecule has 2 aromatic heterocycles. The van der Waals surface area contributed by atoms with E-state index in [-0.39, 0.29) is 43.2 Å². The quantitative estimate of drug-likeness (QED) is 0.237. The van der Waals surface area contributed by atoms with E-state index >= 15 is 0 Å². The number of nitrogens with one attached hydrogen (secondary N) is 3. The molecule has 1 aliphatic rings. The van der Waals surface area contributed by atoms with Gasteiger partial charge in [-0.2, -0.15) is 0 Å². The number of furan rings is 1. The van der Waals surface area contributed by atoms with Crippen LogP contribution in [0.25, 0.3) is 0 Å². The Morgan fingerprint density at radius 3 is 2.62 bits per heavy atom. The number of carbonyl (C=O) groups is 3. The minimum Gasteiger partial charge on any atom is -0.480 e. The van der Waals surface area contributed by atoms with Crippen LogP contribution < -0.4 is 15.4 Å². The van der Waals surface area contributed by atoms with E-state index in [1.165, 1.54) is 6.26 Å². The maximum absolute atomic E-state index is 13.1. The molecule has 0 saturated carbocycles. The summed E-state index contributed by atoms with van der Waals surface area (Å²) in [6.45, 7) is 7.81. The topological polar surface area (TPSA) is 174 Å². The van der Waals surface area contributed by atoms with Gasteiger partial charge in [0.15, 0.2) is 0 Å². The molecule has 2 aromatic rings. The molecule has 0 aromatic carbocycles. The van der Waals surface area contributed by atoms with Crippen LogP contribution in [0.1, 0.15) is 56.4 Å². The van der Waals surface area contributed by atoms with Crippen molar-refractivity contribution in [1.82, 2.24) is 24.8 Å². The Morgan fingerprint density at radius 2 is 1.98 bits per heavy atom. The van der Waals surface area contributed by atoms with Gasteiger partial charge in [0.1, 0.15) is 17.6 Å². The fourth-order valence-corrected chi connectivity index (χ4v) is 6.08. The second-order valence-electron chi connectivity index (χ2n) is 10.5. The number of pyridine rings is 1. The molecule has 3 heterocycles. The van der Waals surface area contributed by atoms with Crippen molar-refractivity contribution < 1.29 is 32.3 Å². The van der Waals surface area contributed by atoms with Crippen molar-refractivity contribution in [2.24, 2.45) is 0 Å². The lowest BCUT2D eigenvalue weighted by molar-refractivity contribution is -0.139. The van der Waals surface area contributed by atoms with E-state index in [1.54, 1.807) is 17.2 Å². The number of unbranched alkanes of at least 4 members (excludes halogenated alkanes) is 1. The summed E-state index contributed by atoms with van der Waals surface area (Å²) in [4.78, 5) is 45.0. The number of aliphatic carboxylic acids is 1. The maximum atomic E-state index is 13.1. The van der Waals surface area contributed by atoms with Crippen molar-refractivity contribution in [3.05, 3.63) is 47.5 Å². The molecule has 0 aliphatic carbocycles. The summed E-state index contributed by atoms with van der Waals surface area (Å²) >= 11 is 0.